The van der Waals surface area contributed by atoms with Crippen LogP contribution >= 0.6 is 0 Å². The Bertz CT molecular complexity index is 1180. The van der Waals surface area contributed by atoms with Gasteiger partial charge in [0.05, 0.1) is 25.3 Å². The van der Waals surface area contributed by atoms with Gasteiger partial charge in [-0.1, -0.05) is 18.2 Å². The van der Waals surface area contributed by atoms with Crippen LogP contribution in [0.25, 0.3) is 11.3 Å². The van der Waals surface area contributed by atoms with Crippen molar-refractivity contribution in [3.05, 3.63) is 71.6 Å². The quantitative estimate of drug-likeness (QED) is 0.244. The average Bonchev–Trinajstić information content (AvgIpc) is 3.29. The van der Waals surface area contributed by atoms with Crippen molar-refractivity contribution < 1.29 is 14.2 Å². The van der Waals surface area contributed by atoms with Crippen LogP contribution in [0, 0.1) is 5.21 Å². The predicted octanol–water partition coefficient (Wildman–Crippen LogP) is 4.07. The van der Waals surface area contributed by atoms with E-state index in [4.69, 9.17) is 0 Å². The van der Waals surface area contributed by atoms with E-state index >= 15 is 0 Å². The number of hydroxylamine groups is 3. The van der Waals surface area contributed by atoms with Crippen molar-refractivity contribution >= 4 is 29.1 Å². The molecule has 1 aromatic heterocycles. The number of carbonyl (C=O) groups excluding carboxylic acids is 2. The Morgan fingerprint density at radius 1 is 1.03 bits per heavy atom. The third-order valence-corrected chi connectivity index (χ3v) is 5.95. The average molecular weight is 475 g/mol. The molecule has 2 aromatic carbocycles. The molecule has 0 bridgehead atoms. The molecule has 3 aromatic rings. The zero-order chi connectivity index (χ0) is 24.7. The smallest absolute Gasteiger partial charge is 0.251 e. The highest BCUT2D eigenvalue weighted by Crippen LogP contribution is 2.22. The first-order chi connectivity index (χ1) is 16.9. The first-order valence-corrected chi connectivity index (χ1v) is 11.8. The maximum absolute atomic E-state index is 12.6. The number of nitrogens with one attached hydrogen (secondary N) is 3. The summed E-state index contributed by atoms with van der Waals surface area (Å²) < 4.78 is -0.131. The van der Waals surface area contributed by atoms with Crippen LogP contribution < -0.4 is 16.0 Å². The van der Waals surface area contributed by atoms with Crippen LogP contribution in [0.2, 0.25) is 0 Å². The molecule has 0 unspecified atom stereocenters. The number of anilines is 3. The summed E-state index contributed by atoms with van der Waals surface area (Å²) >= 11 is 0. The number of rotatable bonds is 9. The molecule has 1 saturated heterocycles. The van der Waals surface area contributed by atoms with E-state index in [9.17, 15) is 14.8 Å². The Balaban J connectivity index is 1.35. The number of hydrogen-bond donors (Lipinski definition) is 3. The molecule has 1 aliphatic heterocycles. The summed E-state index contributed by atoms with van der Waals surface area (Å²) in [5.74, 6) is 0.101. The van der Waals surface area contributed by atoms with Gasteiger partial charge >= 0.3 is 0 Å². The van der Waals surface area contributed by atoms with Crippen molar-refractivity contribution in [1.82, 2.24) is 15.3 Å². The molecule has 4 rings (SSSR count). The first kappa shape index (κ1) is 24.3. The van der Waals surface area contributed by atoms with Crippen molar-refractivity contribution in [2.45, 2.75) is 26.2 Å². The number of amides is 2. The number of quaternary nitrogens is 1. The molecule has 182 valence electrons. The van der Waals surface area contributed by atoms with Gasteiger partial charge in [-0.25, -0.2) is 9.97 Å². The lowest BCUT2D eigenvalue weighted by Gasteiger charge is -2.38. The summed E-state index contributed by atoms with van der Waals surface area (Å²) in [6.07, 6.45) is 4.31. The summed E-state index contributed by atoms with van der Waals surface area (Å²) in [5.41, 5.74) is 3.54. The monoisotopic (exact) mass is 474 g/mol. The Kier molecular flexibility index (Phi) is 7.69. The summed E-state index contributed by atoms with van der Waals surface area (Å²) in [6.45, 7) is 3.87. The topological polar surface area (TPSA) is 119 Å². The number of aromatic nitrogens is 2. The summed E-state index contributed by atoms with van der Waals surface area (Å²) in [4.78, 5) is 32.6. The fraction of sp³-hybridized carbons (Fsp3) is 0.308. The van der Waals surface area contributed by atoms with E-state index in [1.807, 2.05) is 30.3 Å². The third-order valence-electron chi connectivity index (χ3n) is 5.95. The second kappa shape index (κ2) is 11.1. The zero-order valence-corrected chi connectivity index (χ0v) is 19.8. The molecule has 1 fully saturated rings. The molecule has 3 N–H and O–H groups in total. The Labute approximate surface area is 204 Å². The van der Waals surface area contributed by atoms with Crippen LogP contribution in [0.5, 0.6) is 0 Å². The zero-order valence-electron chi connectivity index (χ0n) is 19.8. The fourth-order valence-corrected chi connectivity index (χ4v) is 4.18. The Hall–Kier alpha value is -3.82. The van der Waals surface area contributed by atoms with Crippen molar-refractivity contribution in [1.29, 1.82) is 0 Å². The minimum absolute atomic E-state index is 0.124. The minimum atomic E-state index is -0.179. The lowest BCUT2D eigenvalue weighted by atomic mass is 10.1. The molecular formula is C26H30N6O3. The largest absolute Gasteiger partial charge is 0.633 e. The molecule has 35 heavy (non-hydrogen) atoms. The van der Waals surface area contributed by atoms with E-state index in [2.05, 4.69) is 25.9 Å². The Morgan fingerprint density at radius 2 is 1.80 bits per heavy atom. The van der Waals surface area contributed by atoms with E-state index < -0.39 is 0 Å². The molecule has 0 atom stereocenters. The standard InChI is InChI=1S/C26H30N6O3/c1-19(33)29-22-10-8-20(9-11-22)24-12-14-28-26(31-24)30-23-7-4-6-21(18-23)25(34)27-13-5-17-32(35)15-2-3-16-32/h4,6-12,14,18H,2-3,5,13,15-17H2,1H3,(H,27,34)(H,29,33)(H,28,30,31). The SMILES string of the molecule is CC(=O)Nc1ccc(-c2ccnc(Nc3cccc(C(=O)NCCC[N+]4([O-])CCCC4)c3)n2)cc1. The van der Waals surface area contributed by atoms with Gasteiger partial charge in [-0.15, -0.1) is 0 Å². The molecule has 0 saturated carbocycles. The molecule has 1 aliphatic rings. The molecule has 0 spiro atoms. The van der Waals surface area contributed by atoms with Crippen LogP contribution in [-0.4, -0.2) is 52.6 Å². The molecule has 9 heteroatoms. The number of benzene rings is 2. The second-order valence-corrected chi connectivity index (χ2v) is 8.78. The summed E-state index contributed by atoms with van der Waals surface area (Å²) in [6, 6.07) is 16.3. The molecular weight excluding hydrogens is 444 g/mol. The molecule has 2 heterocycles. The predicted molar refractivity (Wildman–Crippen MR) is 136 cm³/mol. The highest BCUT2D eigenvalue weighted by atomic mass is 16.5. The number of carbonyl (C=O) groups is 2. The Morgan fingerprint density at radius 3 is 2.54 bits per heavy atom. The molecule has 2 amide bonds. The van der Waals surface area contributed by atoms with Crippen molar-refractivity contribution in [2.24, 2.45) is 0 Å². The van der Waals surface area contributed by atoms with Gasteiger partial charge in [-0.2, -0.15) is 0 Å². The highest BCUT2D eigenvalue weighted by Gasteiger charge is 2.22. The third kappa shape index (κ3) is 6.84. The van der Waals surface area contributed by atoms with Crippen molar-refractivity contribution in [3.8, 4) is 11.3 Å². The van der Waals surface area contributed by atoms with Gasteiger partial charge in [-0.05, 0) is 36.4 Å². The number of likely N-dealkylation sites (tertiary alicyclic amines) is 1. The van der Waals surface area contributed by atoms with Gasteiger partial charge in [0.2, 0.25) is 11.9 Å². The van der Waals surface area contributed by atoms with E-state index in [1.165, 1.54) is 6.92 Å². The van der Waals surface area contributed by atoms with Gasteiger partial charge in [0, 0.05) is 61.4 Å². The fourth-order valence-electron chi connectivity index (χ4n) is 4.18. The van der Waals surface area contributed by atoms with Crippen molar-refractivity contribution in [2.75, 3.05) is 36.8 Å². The first-order valence-electron chi connectivity index (χ1n) is 11.8. The van der Waals surface area contributed by atoms with Crippen LogP contribution in [0.4, 0.5) is 17.3 Å². The number of hydrogen-bond acceptors (Lipinski definition) is 6. The van der Waals surface area contributed by atoms with Crippen LogP contribution in [0.15, 0.2) is 60.8 Å². The number of nitrogens with zero attached hydrogens (tertiary/aromatic N) is 3. The molecule has 0 aliphatic carbocycles. The summed E-state index contributed by atoms with van der Waals surface area (Å²) in [5, 5.41) is 21.2. The van der Waals surface area contributed by atoms with Crippen molar-refractivity contribution in [3.63, 3.8) is 0 Å². The lowest BCUT2D eigenvalue weighted by molar-refractivity contribution is -0.868. The minimum Gasteiger partial charge on any atom is -0.633 e. The van der Waals surface area contributed by atoms with Gasteiger partial charge in [0.15, 0.2) is 0 Å². The van der Waals surface area contributed by atoms with Gasteiger partial charge in [-0.3, -0.25) is 9.59 Å². The summed E-state index contributed by atoms with van der Waals surface area (Å²) in [7, 11) is 0. The van der Waals surface area contributed by atoms with E-state index in [0.29, 0.717) is 55.5 Å². The second-order valence-electron chi connectivity index (χ2n) is 8.78. The maximum Gasteiger partial charge on any atom is 0.251 e. The van der Waals surface area contributed by atoms with Crippen LogP contribution in [-0.2, 0) is 4.79 Å². The normalized spacial score (nSPS) is 14.3. The maximum atomic E-state index is 12.6. The molecule has 0 radical (unpaired) electrons. The van der Waals surface area contributed by atoms with Gasteiger partial charge < -0.3 is 25.8 Å². The lowest BCUT2D eigenvalue weighted by Crippen LogP contribution is -2.41. The van der Waals surface area contributed by atoms with E-state index in [0.717, 1.165) is 24.1 Å². The van der Waals surface area contributed by atoms with Gasteiger partial charge in [0.25, 0.3) is 5.91 Å². The van der Waals surface area contributed by atoms with Gasteiger partial charge in [0.1, 0.15) is 0 Å². The van der Waals surface area contributed by atoms with E-state index in [-0.39, 0.29) is 16.5 Å². The molecule has 9 nitrogen and oxygen atoms in total. The van der Waals surface area contributed by atoms with Crippen LogP contribution in [0.1, 0.15) is 36.5 Å². The highest BCUT2D eigenvalue weighted by molar-refractivity contribution is 5.95. The van der Waals surface area contributed by atoms with Crippen LogP contribution in [0.3, 0.4) is 0 Å². The van der Waals surface area contributed by atoms with E-state index in [1.54, 1.807) is 30.5 Å².